The van der Waals surface area contributed by atoms with E-state index in [4.69, 9.17) is 27.9 Å². The monoisotopic (exact) mass is 377 g/mol. The fourth-order valence-corrected chi connectivity index (χ4v) is 2.91. The van der Waals surface area contributed by atoms with E-state index in [0.717, 1.165) is 10.5 Å². The van der Waals surface area contributed by atoms with Crippen LogP contribution in [0, 0.1) is 0 Å². The van der Waals surface area contributed by atoms with Crippen LogP contribution < -0.4 is 0 Å². The zero-order valence-corrected chi connectivity index (χ0v) is 14.7. The standard InChI is InChI=1S/C18H13Cl2NO4/c1-10(11-5-3-2-4-6-11)25-16(22)9-21-17(23)12-7-14(19)15(20)8-13(12)18(21)24/h2-8,10H,9H2,1H3/t10-/m1/s1. The van der Waals surface area contributed by atoms with Gasteiger partial charge in [-0.2, -0.15) is 0 Å². The van der Waals surface area contributed by atoms with Crippen LogP contribution >= 0.6 is 23.2 Å². The Balaban J connectivity index is 1.72. The molecule has 2 aromatic rings. The van der Waals surface area contributed by atoms with Crippen molar-refractivity contribution in [3.05, 3.63) is 69.2 Å². The van der Waals surface area contributed by atoms with E-state index in [9.17, 15) is 14.4 Å². The maximum Gasteiger partial charge on any atom is 0.326 e. The number of esters is 1. The SMILES string of the molecule is C[C@@H](OC(=O)CN1C(=O)c2cc(Cl)c(Cl)cc2C1=O)c1ccccc1. The topological polar surface area (TPSA) is 63.7 Å². The normalized spacial score (nSPS) is 14.4. The molecule has 0 aliphatic carbocycles. The molecule has 0 saturated carbocycles. The lowest BCUT2D eigenvalue weighted by atomic mass is 10.1. The van der Waals surface area contributed by atoms with Crippen molar-refractivity contribution in [2.75, 3.05) is 6.54 Å². The molecule has 0 unspecified atom stereocenters. The van der Waals surface area contributed by atoms with E-state index in [-0.39, 0.29) is 21.2 Å². The van der Waals surface area contributed by atoms with Crippen molar-refractivity contribution in [1.82, 2.24) is 4.90 Å². The first-order valence-corrected chi connectivity index (χ1v) is 8.23. The van der Waals surface area contributed by atoms with E-state index in [1.807, 2.05) is 30.3 Å². The van der Waals surface area contributed by atoms with E-state index in [2.05, 4.69) is 0 Å². The number of benzene rings is 2. The molecule has 0 spiro atoms. The van der Waals surface area contributed by atoms with Gasteiger partial charge in [-0.1, -0.05) is 53.5 Å². The number of rotatable bonds is 4. The first-order valence-electron chi connectivity index (χ1n) is 7.48. The lowest BCUT2D eigenvalue weighted by molar-refractivity contribution is -0.148. The van der Waals surface area contributed by atoms with Gasteiger partial charge in [0.25, 0.3) is 11.8 Å². The zero-order valence-electron chi connectivity index (χ0n) is 13.2. The Kier molecular flexibility index (Phi) is 4.79. The van der Waals surface area contributed by atoms with Crippen molar-refractivity contribution < 1.29 is 19.1 Å². The second-order valence-corrected chi connectivity index (χ2v) is 6.37. The van der Waals surface area contributed by atoms with Gasteiger partial charge in [0, 0.05) is 0 Å². The molecule has 5 nitrogen and oxygen atoms in total. The van der Waals surface area contributed by atoms with Gasteiger partial charge in [-0.05, 0) is 24.6 Å². The second kappa shape index (κ2) is 6.86. The van der Waals surface area contributed by atoms with Crippen molar-refractivity contribution in [1.29, 1.82) is 0 Å². The van der Waals surface area contributed by atoms with Gasteiger partial charge >= 0.3 is 5.97 Å². The van der Waals surface area contributed by atoms with Crippen molar-refractivity contribution in [2.24, 2.45) is 0 Å². The van der Waals surface area contributed by atoms with Crippen LogP contribution in [0.2, 0.25) is 10.0 Å². The summed E-state index contributed by atoms with van der Waals surface area (Å²) in [4.78, 5) is 37.7. The molecule has 0 bridgehead atoms. The van der Waals surface area contributed by atoms with Crippen molar-refractivity contribution in [2.45, 2.75) is 13.0 Å². The fourth-order valence-electron chi connectivity index (χ4n) is 2.58. The van der Waals surface area contributed by atoms with Crippen LogP contribution in [-0.2, 0) is 9.53 Å². The van der Waals surface area contributed by atoms with Gasteiger partial charge in [-0.15, -0.1) is 0 Å². The molecule has 128 valence electrons. The first-order chi connectivity index (χ1) is 11.9. The van der Waals surface area contributed by atoms with Crippen LogP contribution in [0.1, 0.15) is 39.3 Å². The number of carbonyl (C=O) groups is 3. The summed E-state index contributed by atoms with van der Waals surface area (Å²) < 4.78 is 5.30. The molecule has 2 aromatic carbocycles. The summed E-state index contributed by atoms with van der Waals surface area (Å²) in [6.45, 7) is 1.24. The smallest absolute Gasteiger partial charge is 0.326 e. The van der Waals surface area contributed by atoms with Crippen LogP contribution in [0.15, 0.2) is 42.5 Å². The zero-order chi connectivity index (χ0) is 18.1. The molecule has 1 atom stereocenters. The van der Waals surface area contributed by atoms with E-state index < -0.39 is 30.4 Å². The van der Waals surface area contributed by atoms with Crippen LogP contribution in [0.3, 0.4) is 0 Å². The van der Waals surface area contributed by atoms with Gasteiger partial charge in [0.15, 0.2) is 0 Å². The molecule has 1 aliphatic rings. The van der Waals surface area contributed by atoms with E-state index in [1.54, 1.807) is 6.92 Å². The highest BCUT2D eigenvalue weighted by atomic mass is 35.5. The Morgan fingerprint density at radius 1 is 1.04 bits per heavy atom. The maximum atomic E-state index is 12.4. The summed E-state index contributed by atoms with van der Waals surface area (Å²) in [6, 6.07) is 11.8. The van der Waals surface area contributed by atoms with E-state index in [0.29, 0.717) is 0 Å². The number of hydrogen-bond donors (Lipinski definition) is 0. The molecule has 25 heavy (non-hydrogen) atoms. The predicted molar refractivity (Wildman–Crippen MR) is 92.8 cm³/mol. The molecule has 3 rings (SSSR count). The number of halogens is 2. The van der Waals surface area contributed by atoms with Crippen LogP contribution in [0.25, 0.3) is 0 Å². The summed E-state index contributed by atoms with van der Waals surface area (Å²) in [5.41, 5.74) is 1.07. The summed E-state index contributed by atoms with van der Waals surface area (Å²) in [5.74, 6) is -1.87. The number of carbonyl (C=O) groups excluding carboxylic acids is 3. The maximum absolute atomic E-state index is 12.4. The van der Waals surface area contributed by atoms with Gasteiger partial charge in [-0.25, -0.2) is 0 Å². The molecule has 7 heteroatoms. The quantitative estimate of drug-likeness (QED) is 0.598. The molecular formula is C18H13Cl2NO4. The van der Waals surface area contributed by atoms with Gasteiger partial charge in [0.2, 0.25) is 0 Å². The Hall–Kier alpha value is -2.37. The number of fused-ring (bicyclic) bond motifs is 1. The van der Waals surface area contributed by atoms with Crippen molar-refractivity contribution in [3.8, 4) is 0 Å². The van der Waals surface area contributed by atoms with Gasteiger partial charge in [-0.3, -0.25) is 19.3 Å². The first kappa shape index (κ1) is 17.5. The van der Waals surface area contributed by atoms with Crippen molar-refractivity contribution in [3.63, 3.8) is 0 Å². The number of imide groups is 1. The number of hydrogen-bond acceptors (Lipinski definition) is 4. The molecule has 0 N–H and O–H groups in total. The molecular weight excluding hydrogens is 365 g/mol. The second-order valence-electron chi connectivity index (χ2n) is 5.55. The summed E-state index contributed by atoms with van der Waals surface area (Å²) in [6.07, 6.45) is -0.493. The predicted octanol–water partition coefficient (Wildman–Crippen LogP) is 3.89. The third-order valence-corrected chi connectivity index (χ3v) is 4.60. The molecule has 0 fully saturated rings. The van der Waals surface area contributed by atoms with E-state index in [1.165, 1.54) is 12.1 Å². The molecule has 0 saturated heterocycles. The highest BCUT2D eigenvalue weighted by Gasteiger charge is 2.38. The highest BCUT2D eigenvalue weighted by Crippen LogP contribution is 2.31. The number of amides is 2. The molecule has 0 radical (unpaired) electrons. The lowest BCUT2D eigenvalue weighted by Crippen LogP contribution is -2.36. The number of nitrogens with zero attached hydrogens (tertiary/aromatic N) is 1. The van der Waals surface area contributed by atoms with Gasteiger partial charge in [0.1, 0.15) is 12.6 Å². The van der Waals surface area contributed by atoms with Crippen LogP contribution in [0.4, 0.5) is 0 Å². The van der Waals surface area contributed by atoms with Crippen LogP contribution in [0.5, 0.6) is 0 Å². The molecule has 1 heterocycles. The van der Waals surface area contributed by atoms with Gasteiger partial charge in [0.05, 0.1) is 21.2 Å². The minimum Gasteiger partial charge on any atom is -0.456 e. The summed E-state index contributed by atoms with van der Waals surface area (Å²) in [7, 11) is 0. The third-order valence-electron chi connectivity index (χ3n) is 3.88. The fraction of sp³-hybridized carbons (Fsp3) is 0.167. The Morgan fingerprint density at radius 3 is 2.08 bits per heavy atom. The highest BCUT2D eigenvalue weighted by molar-refractivity contribution is 6.43. The molecule has 2 amide bonds. The Bertz CT molecular complexity index is 826. The Morgan fingerprint density at radius 2 is 1.56 bits per heavy atom. The van der Waals surface area contributed by atoms with Crippen LogP contribution in [-0.4, -0.2) is 29.2 Å². The Labute approximate surface area is 154 Å². The lowest BCUT2D eigenvalue weighted by Gasteiger charge is -2.17. The summed E-state index contributed by atoms with van der Waals surface area (Å²) >= 11 is 11.8. The van der Waals surface area contributed by atoms with Crippen molar-refractivity contribution >= 4 is 41.0 Å². The van der Waals surface area contributed by atoms with E-state index >= 15 is 0 Å². The third kappa shape index (κ3) is 3.38. The minimum absolute atomic E-state index is 0.128. The largest absolute Gasteiger partial charge is 0.456 e. The average molecular weight is 378 g/mol. The summed E-state index contributed by atoms with van der Waals surface area (Å²) in [5, 5.41) is 0.340. The minimum atomic E-state index is -0.678. The average Bonchev–Trinajstić information content (AvgIpc) is 2.81. The molecule has 1 aliphatic heterocycles. The number of ether oxygens (including phenoxy) is 1. The van der Waals surface area contributed by atoms with Gasteiger partial charge < -0.3 is 4.74 Å². The molecule has 0 aromatic heterocycles.